The average Bonchev–Trinajstić information content (AvgIpc) is 2.38. The number of anilines is 2. The van der Waals surface area contributed by atoms with Crippen LogP contribution in [0.25, 0.3) is 0 Å². The van der Waals surface area contributed by atoms with Crippen LogP contribution in [-0.2, 0) is 6.42 Å². The van der Waals surface area contributed by atoms with Gasteiger partial charge < -0.3 is 5.32 Å². The summed E-state index contributed by atoms with van der Waals surface area (Å²) in [5, 5.41) is 10.4. The smallest absolute Gasteiger partial charge is 0.271 e. The van der Waals surface area contributed by atoms with Crippen molar-refractivity contribution in [2.45, 2.75) is 26.2 Å². The van der Waals surface area contributed by atoms with Crippen LogP contribution >= 0.6 is 0 Å². The molecular formula is C13H16N4O. The molecule has 2 rings (SSSR count). The maximum absolute atomic E-state index is 11.1. The number of hydrogen-bond acceptors (Lipinski definition) is 4. The Morgan fingerprint density at radius 2 is 2.06 bits per heavy atom. The standard InChI is InChI=1S/C13H16N4O/c1-2-3-4-10-5-7-11(8-6-10)15-13-16-12(18)9-14-17-13/h5-9H,2-4H2,1H3,(H2,15,16,17,18). The number of H-pyrrole nitrogens is 1. The summed E-state index contributed by atoms with van der Waals surface area (Å²) in [7, 11) is 0. The molecule has 0 aliphatic rings. The van der Waals surface area contributed by atoms with Gasteiger partial charge in [0.1, 0.15) is 6.20 Å². The van der Waals surface area contributed by atoms with Crippen LogP contribution in [0.4, 0.5) is 11.6 Å². The molecule has 1 aromatic carbocycles. The Kier molecular flexibility index (Phi) is 4.06. The lowest BCUT2D eigenvalue weighted by Crippen LogP contribution is -2.10. The van der Waals surface area contributed by atoms with Crippen LogP contribution in [-0.4, -0.2) is 15.2 Å². The topological polar surface area (TPSA) is 70.7 Å². The number of hydrogen-bond donors (Lipinski definition) is 2. The molecule has 18 heavy (non-hydrogen) atoms. The Labute approximate surface area is 105 Å². The van der Waals surface area contributed by atoms with E-state index < -0.39 is 0 Å². The van der Waals surface area contributed by atoms with Crippen LogP contribution in [0.15, 0.2) is 35.3 Å². The fourth-order valence-corrected chi connectivity index (χ4v) is 1.64. The minimum Gasteiger partial charge on any atom is -0.324 e. The summed E-state index contributed by atoms with van der Waals surface area (Å²) < 4.78 is 0. The molecule has 94 valence electrons. The summed E-state index contributed by atoms with van der Waals surface area (Å²) in [6.45, 7) is 2.18. The molecule has 0 aliphatic heterocycles. The van der Waals surface area contributed by atoms with E-state index >= 15 is 0 Å². The van der Waals surface area contributed by atoms with Crippen molar-refractivity contribution < 1.29 is 0 Å². The maximum Gasteiger partial charge on any atom is 0.271 e. The Bertz CT molecular complexity index is 547. The van der Waals surface area contributed by atoms with E-state index in [2.05, 4.69) is 39.6 Å². The highest BCUT2D eigenvalue weighted by Crippen LogP contribution is 2.14. The number of aromatic nitrogens is 3. The monoisotopic (exact) mass is 244 g/mol. The van der Waals surface area contributed by atoms with Crippen molar-refractivity contribution in [2.24, 2.45) is 0 Å². The molecule has 0 aliphatic carbocycles. The molecule has 0 bridgehead atoms. The Balaban J connectivity index is 2.04. The van der Waals surface area contributed by atoms with Crippen LogP contribution in [0.1, 0.15) is 25.3 Å². The van der Waals surface area contributed by atoms with Crippen molar-refractivity contribution in [1.29, 1.82) is 0 Å². The first-order valence-corrected chi connectivity index (χ1v) is 6.06. The van der Waals surface area contributed by atoms with Crippen molar-refractivity contribution in [3.63, 3.8) is 0 Å². The van der Waals surface area contributed by atoms with Crippen LogP contribution in [0.3, 0.4) is 0 Å². The second-order valence-electron chi connectivity index (χ2n) is 4.11. The van der Waals surface area contributed by atoms with Gasteiger partial charge in [0.2, 0.25) is 5.95 Å². The number of nitrogens with zero attached hydrogens (tertiary/aromatic N) is 2. The number of aryl methyl sites for hydroxylation is 1. The third kappa shape index (κ3) is 3.41. The number of rotatable bonds is 5. The maximum atomic E-state index is 11.1. The van der Waals surface area contributed by atoms with Gasteiger partial charge in [-0.2, -0.15) is 0 Å². The van der Waals surface area contributed by atoms with Crippen molar-refractivity contribution in [3.8, 4) is 0 Å². The van der Waals surface area contributed by atoms with E-state index in [9.17, 15) is 4.79 Å². The van der Waals surface area contributed by atoms with E-state index in [0.717, 1.165) is 18.3 Å². The normalized spacial score (nSPS) is 10.3. The van der Waals surface area contributed by atoms with Crippen molar-refractivity contribution in [2.75, 3.05) is 5.32 Å². The first-order valence-electron chi connectivity index (χ1n) is 6.06. The van der Waals surface area contributed by atoms with Gasteiger partial charge in [-0.05, 0) is 30.5 Å². The molecule has 2 N–H and O–H groups in total. The summed E-state index contributed by atoms with van der Waals surface area (Å²) in [4.78, 5) is 13.6. The minimum atomic E-state index is -0.271. The van der Waals surface area contributed by atoms with E-state index in [4.69, 9.17) is 0 Å². The number of aromatic amines is 1. The van der Waals surface area contributed by atoms with Gasteiger partial charge in [-0.25, -0.2) is 0 Å². The lowest BCUT2D eigenvalue weighted by molar-refractivity contribution is 0.795. The SMILES string of the molecule is CCCCc1ccc(Nc2nncc(=O)[nH]2)cc1. The van der Waals surface area contributed by atoms with Gasteiger partial charge in [0.15, 0.2) is 0 Å². The minimum absolute atomic E-state index is 0.271. The van der Waals surface area contributed by atoms with Crippen LogP contribution in [0.5, 0.6) is 0 Å². The average molecular weight is 244 g/mol. The molecule has 2 aromatic rings. The molecule has 0 amide bonds. The van der Waals surface area contributed by atoms with E-state index in [-0.39, 0.29) is 5.56 Å². The first-order chi connectivity index (χ1) is 8.78. The molecule has 1 aromatic heterocycles. The van der Waals surface area contributed by atoms with Gasteiger partial charge >= 0.3 is 0 Å². The molecule has 5 nitrogen and oxygen atoms in total. The summed E-state index contributed by atoms with van der Waals surface area (Å²) in [6, 6.07) is 8.09. The third-order valence-corrected chi connectivity index (χ3v) is 2.61. The molecule has 0 unspecified atom stereocenters. The molecule has 0 atom stereocenters. The molecule has 0 saturated heterocycles. The second-order valence-corrected chi connectivity index (χ2v) is 4.11. The van der Waals surface area contributed by atoms with Gasteiger partial charge in [-0.15, -0.1) is 10.2 Å². The number of benzene rings is 1. The molecule has 0 radical (unpaired) electrons. The highest BCUT2D eigenvalue weighted by atomic mass is 16.1. The van der Waals surface area contributed by atoms with Gasteiger partial charge in [0.25, 0.3) is 5.56 Å². The second kappa shape index (κ2) is 5.95. The first kappa shape index (κ1) is 12.3. The molecule has 1 heterocycles. The van der Waals surface area contributed by atoms with Gasteiger partial charge in [-0.1, -0.05) is 25.5 Å². The third-order valence-electron chi connectivity index (χ3n) is 2.61. The number of nitrogens with one attached hydrogen (secondary N) is 2. The van der Waals surface area contributed by atoms with E-state index in [1.54, 1.807) is 0 Å². The number of unbranched alkanes of at least 4 members (excludes halogenated alkanes) is 1. The van der Waals surface area contributed by atoms with Crippen LogP contribution in [0.2, 0.25) is 0 Å². The highest BCUT2D eigenvalue weighted by molar-refractivity contribution is 5.52. The van der Waals surface area contributed by atoms with Gasteiger partial charge in [-0.3, -0.25) is 9.78 Å². The van der Waals surface area contributed by atoms with Crippen LogP contribution < -0.4 is 10.9 Å². The largest absolute Gasteiger partial charge is 0.324 e. The predicted molar refractivity (Wildman–Crippen MR) is 71.0 cm³/mol. The Hall–Kier alpha value is -2.17. The zero-order valence-electron chi connectivity index (χ0n) is 10.3. The fourth-order valence-electron chi connectivity index (χ4n) is 1.64. The van der Waals surface area contributed by atoms with E-state index in [1.807, 2.05) is 12.1 Å². The van der Waals surface area contributed by atoms with E-state index in [0.29, 0.717) is 5.95 Å². The lowest BCUT2D eigenvalue weighted by Gasteiger charge is -2.05. The highest BCUT2D eigenvalue weighted by Gasteiger charge is 1.98. The van der Waals surface area contributed by atoms with Gasteiger partial charge in [0, 0.05) is 5.69 Å². The van der Waals surface area contributed by atoms with Crippen molar-refractivity contribution in [3.05, 3.63) is 46.4 Å². The Morgan fingerprint density at radius 3 is 2.72 bits per heavy atom. The summed E-state index contributed by atoms with van der Waals surface area (Å²) in [6.07, 6.45) is 4.63. The molecule has 0 fully saturated rings. The van der Waals surface area contributed by atoms with Crippen molar-refractivity contribution in [1.82, 2.24) is 15.2 Å². The molecule has 5 heteroatoms. The fraction of sp³-hybridized carbons (Fsp3) is 0.308. The van der Waals surface area contributed by atoms with Crippen LogP contribution in [0, 0.1) is 0 Å². The summed E-state index contributed by atoms with van der Waals surface area (Å²) >= 11 is 0. The predicted octanol–water partition coefficient (Wildman–Crippen LogP) is 2.25. The quantitative estimate of drug-likeness (QED) is 0.846. The zero-order valence-corrected chi connectivity index (χ0v) is 10.3. The molecule has 0 saturated carbocycles. The summed E-state index contributed by atoms with van der Waals surface area (Å²) in [5.74, 6) is 0.351. The van der Waals surface area contributed by atoms with Crippen molar-refractivity contribution >= 4 is 11.6 Å². The Morgan fingerprint density at radius 1 is 1.28 bits per heavy atom. The van der Waals surface area contributed by atoms with E-state index in [1.165, 1.54) is 18.4 Å². The lowest BCUT2D eigenvalue weighted by atomic mass is 10.1. The van der Waals surface area contributed by atoms with Gasteiger partial charge in [0.05, 0.1) is 0 Å². The zero-order chi connectivity index (χ0) is 12.8. The summed E-state index contributed by atoms with van der Waals surface area (Å²) in [5.41, 5.74) is 1.92. The molecule has 0 spiro atoms. The molecular weight excluding hydrogens is 228 g/mol.